The Labute approximate surface area is 150 Å². The predicted molar refractivity (Wildman–Crippen MR) is 96.3 cm³/mol. The Kier molecular flexibility index (Phi) is 6.77. The molecule has 0 spiro atoms. The van der Waals surface area contributed by atoms with E-state index in [0.717, 1.165) is 23.8 Å². The molecule has 0 unspecified atom stereocenters. The van der Waals surface area contributed by atoms with Gasteiger partial charge in [0, 0.05) is 36.4 Å². The van der Waals surface area contributed by atoms with Crippen molar-refractivity contribution in [3.63, 3.8) is 0 Å². The second kappa shape index (κ2) is 9.03. The van der Waals surface area contributed by atoms with Crippen LogP contribution in [0, 0.1) is 6.92 Å². The number of carboxylic acids is 1. The van der Waals surface area contributed by atoms with E-state index in [2.05, 4.69) is 5.32 Å². The lowest BCUT2D eigenvalue weighted by atomic mass is 10.0. The zero-order valence-electron chi connectivity index (χ0n) is 14.7. The molecule has 0 atom stereocenters. The van der Waals surface area contributed by atoms with Crippen molar-refractivity contribution in [2.45, 2.75) is 45.4 Å². The molecule has 1 heterocycles. The monoisotopic (exact) mass is 361 g/mol. The summed E-state index contributed by atoms with van der Waals surface area (Å²) in [6.45, 7) is 2.29. The van der Waals surface area contributed by atoms with Crippen LogP contribution in [0.3, 0.4) is 0 Å². The fourth-order valence-electron chi connectivity index (χ4n) is 2.80. The third kappa shape index (κ3) is 5.34. The van der Waals surface area contributed by atoms with Crippen LogP contribution < -0.4 is 10.9 Å². The maximum absolute atomic E-state index is 12.1. The van der Waals surface area contributed by atoms with Crippen molar-refractivity contribution in [1.82, 2.24) is 5.32 Å². The Morgan fingerprint density at radius 1 is 1.15 bits per heavy atom. The third-order valence-corrected chi connectivity index (χ3v) is 4.26. The molecule has 0 aliphatic heterocycles. The van der Waals surface area contributed by atoms with Gasteiger partial charge in [0.2, 0.25) is 5.91 Å². The number of aliphatic carboxylic acids is 1. The van der Waals surface area contributed by atoms with Crippen LogP contribution in [-0.2, 0) is 16.0 Å². The number of nitrogens with one attached hydrogen (secondary N) is 1. The van der Waals surface area contributed by atoms with Gasteiger partial charge in [-0.2, -0.15) is 0 Å². The van der Waals surface area contributed by atoms with Gasteiger partial charge in [0.05, 0.1) is 0 Å². The standard InChI is InChI=1S/C19H23NO6/c1-12-14-7-6-13(21)11-16(14)26-19(25)15(12)8-9-17(22)20-10-4-2-3-5-18(23)24/h6-7,11,21H,2-5,8-10H2,1H3,(H,20,22)(H,23,24). The highest BCUT2D eigenvalue weighted by molar-refractivity contribution is 5.82. The van der Waals surface area contributed by atoms with E-state index < -0.39 is 11.6 Å². The Bertz CT molecular complexity index is 855. The van der Waals surface area contributed by atoms with Gasteiger partial charge in [0.25, 0.3) is 0 Å². The normalized spacial score (nSPS) is 10.8. The summed E-state index contributed by atoms with van der Waals surface area (Å²) in [7, 11) is 0. The maximum atomic E-state index is 12.1. The fourth-order valence-corrected chi connectivity index (χ4v) is 2.80. The molecule has 7 heteroatoms. The summed E-state index contributed by atoms with van der Waals surface area (Å²) in [5, 5.41) is 21.5. The third-order valence-electron chi connectivity index (χ3n) is 4.26. The van der Waals surface area contributed by atoms with Crippen LogP contribution in [-0.4, -0.2) is 28.6 Å². The first-order valence-electron chi connectivity index (χ1n) is 8.62. The molecule has 0 saturated carbocycles. The highest BCUT2D eigenvalue weighted by Gasteiger charge is 2.13. The SMILES string of the molecule is Cc1c(CCC(=O)NCCCCCC(=O)O)c(=O)oc2cc(O)ccc12. The molecule has 140 valence electrons. The summed E-state index contributed by atoms with van der Waals surface area (Å²) >= 11 is 0. The molecular formula is C19H23NO6. The number of carboxylic acid groups (broad SMARTS) is 1. The van der Waals surface area contributed by atoms with Crippen molar-refractivity contribution >= 4 is 22.8 Å². The van der Waals surface area contributed by atoms with E-state index in [0.29, 0.717) is 24.1 Å². The molecule has 1 amide bonds. The van der Waals surface area contributed by atoms with Gasteiger partial charge in [-0.15, -0.1) is 0 Å². The van der Waals surface area contributed by atoms with Crippen molar-refractivity contribution in [2.24, 2.45) is 0 Å². The van der Waals surface area contributed by atoms with Crippen molar-refractivity contribution in [1.29, 1.82) is 0 Å². The van der Waals surface area contributed by atoms with Crippen molar-refractivity contribution in [2.75, 3.05) is 6.54 Å². The molecule has 0 saturated heterocycles. The minimum absolute atomic E-state index is 0.0236. The Morgan fingerprint density at radius 2 is 1.92 bits per heavy atom. The average Bonchev–Trinajstić information content (AvgIpc) is 2.57. The smallest absolute Gasteiger partial charge is 0.339 e. The first kappa shape index (κ1) is 19.5. The number of carbonyl (C=O) groups excluding carboxylic acids is 1. The minimum atomic E-state index is -0.811. The number of phenolic OH excluding ortho intramolecular Hbond substituents is 1. The fraction of sp³-hybridized carbons (Fsp3) is 0.421. The molecule has 0 aliphatic carbocycles. The number of phenols is 1. The Balaban J connectivity index is 1.87. The molecule has 3 N–H and O–H groups in total. The van der Waals surface area contributed by atoms with Crippen LogP contribution >= 0.6 is 0 Å². The van der Waals surface area contributed by atoms with Crippen LogP contribution in [0.2, 0.25) is 0 Å². The number of aryl methyl sites for hydroxylation is 1. The average molecular weight is 361 g/mol. The van der Waals surface area contributed by atoms with Crippen LogP contribution in [0.15, 0.2) is 27.4 Å². The van der Waals surface area contributed by atoms with Crippen LogP contribution in [0.5, 0.6) is 5.75 Å². The van der Waals surface area contributed by atoms with Gasteiger partial charge >= 0.3 is 11.6 Å². The molecule has 1 aromatic carbocycles. The van der Waals surface area contributed by atoms with Crippen molar-refractivity contribution < 1.29 is 24.2 Å². The quantitative estimate of drug-likeness (QED) is 0.467. The van der Waals surface area contributed by atoms with Gasteiger partial charge in [-0.3, -0.25) is 9.59 Å². The zero-order chi connectivity index (χ0) is 19.1. The van der Waals surface area contributed by atoms with Crippen LogP contribution in [0.4, 0.5) is 0 Å². The van der Waals surface area contributed by atoms with E-state index in [1.807, 2.05) is 0 Å². The van der Waals surface area contributed by atoms with Crippen LogP contribution in [0.25, 0.3) is 11.0 Å². The summed E-state index contributed by atoms with van der Waals surface area (Å²) in [4.78, 5) is 34.5. The number of unbranched alkanes of at least 4 members (excludes halogenated alkanes) is 2. The molecule has 7 nitrogen and oxygen atoms in total. The number of aromatic hydroxyl groups is 1. The van der Waals surface area contributed by atoms with Gasteiger partial charge in [-0.1, -0.05) is 6.42 Å². The molecular weight excluding hydrogens is 338 g/mol. The highest BCUT2D eigenvalue weighted by atomic mass is 16.4. The van der Waals surface area contributed by atoms with E-state index >= 15 is 0 Å². The number of rotatable bonds is 9. The molecule has 0 fully saturated rings. The van der Waals surface area contributed by atoms with E-state index in [1.165, 1.54) is 12.1 Å². The Morgan fingerprint density at radius 3 is 2.65 bits per heavy atom. The molecule has 26 heavy (non-hydrogen) atoms. The zero-order valence-corrected chi connectivity index (χ0v) is 14.7. The largest absolute Gasteiger partial charge is 0.508 e. The Hall–Kier alpha value is -2.83. The summed E-state index contributed by atoms with van der Waals surface area (Å²) in [5.41, 5.74) is 1.03. The van der Waals surface area contributed by atoms with Gasteiger partial charge in [-0.25, -0.2) is 4.79 Å². The summed E-state index contributed by atoms with van der Waals surface area (Å²) < 4.78 is 5.24. The highest BCUT2D eigenvalue weighted by Crippen LogP contribution is 2.23. The van der Waals surface area contributed by atoms with Gasteiger partial charge in [-0.05, 0) is 43.9 Å². The summed E-state index contributed by atoms with van der Waals surface area (Å²) in [5.74, 6) is -0.947. The number of amides is 1. The van der Waals surface area contributed by atoms with E-state index in [1.54, 1.807) is 13.0 Å². The first-order chi connectivity index (χ1) is 12.4. The van der Waals surface area contributed by atoms with Gasteiger partial charge in [0.1, 0.15) is 11.3 Å². The number of carbonyl (C=O) groups is 2. The lowest BCUT2D eigenvalue weighted by Gasteiger charge is -2.08. The van der Waals surface area contributed by atoms with Crippen molar-refractivity contribution in [3.05, 3.63) is 39.7 Å². The molecule has 0 aliphatic rings. The number of fused-ring (bicyclic) bond motifs is 1. The minimum Gasteiger partial charge on any atom is -0.508 e. The molecule has 2 aromatic rings. The van der Waals surface area contributed by atoms with Crippen molar-refractivity contribution in [3.8, 4) is 5.75 Å². The summed E-state index contributed by atoms with van der Waals surface area (Å²) in [6, 6.07) is 4.60. The second-order valence-corrected chi connectivity index (χ2v) is 6.23. The maximum Gasteiger partial charge on any atom is 0.339 e. The van der Waals surface area contributed by atoms with E-state index in [4.69, 9.17) is 9.52 Å². The topological polar surface area (TPSA) is 117 Å². The van der Waals surface area contributed by atoms with Gasteiger partial charge in [0.15, 0.2) is 0 Å². The van der Waals surface area contributed by atoms with E-state index in [-0.39, 0.29) is 30.9 Å². The molecule has 0 radical (unpaired) electrons. The molecule has 2 rings (SSSR count). The predicted octanol–water partition coefficient (Wildman–Crippen LogP) is 2.50. The first-order valence-corrected chi connectivity index (χ1v) is 8.62. The summed E-state index contributed by atoms with van der Waals surface area (Å²) in [6.07, 6.45) is 2.65. The number of benzene rings is 1. The molecule has 1 aromatic heterocycles. The number of hydrogen-bond acceptors (Lipinski definition) is 5. The lowest BCUT2D eigenvalue weighted by molar-refractivity contribution is -0.137. The van der Waals surface area contributed by atoms with Crippen LogP contribution in [0.1, 0.15) is 43.2 Å². The molecule has 0 bridgehead atoms. The second-order valence-electron chi connectivity index (χ2n) is 6.23. The van der Waals surface area contributed by atoms with E-state index in [9.17, 15) is 19.5 Å². The number of hydrogen-bond donors (Lipinski definition) is 3. The lowest BCUT2D eigenvalue weighted by Crippen LogP contribution is -2.25. The van der Waals surface area contributed by atoms with Gasteiger partial charge < -0.3 is 19.9 Å².